The maximum Gasteiger partial charge on any atom is 0.124 e. The molecular weight excluding hydrogens is 295 g/mol. The van der Waals surface area contributed by atoms with Crippen LogP contribution in [0.5, 0.6) is 0 Å². The summed E-state index contributed by atoms with van der Waals surface area (Å²) in [7, 11) is 0. The van der Waals surface area contributed by atoms with Crippen molar-refractivity contribution in [3.63, 3.8) is 0 Å². The van der Waals surface area contributed by atoms with E-state index in [4.69, 9.17) is 27.9 Å². The molecule has 0 spiro atoms. The lowest BCUT2D eigenvalue weighted by Gasteiger charge is -2.09. The van der Waals surface area contributed by atoms with Gasteiger partial charge in [0.1, 0.15) is 5.82 Å². The maximum atomic E-state index is 6.06. The Bertz CT molecular complexity index is 566. The molecule has 0 fully saturated rings. The van der Waals surface area contributed by atoms with E-state index in [-0.39, 0.29) is 0 Å². The van der Waals surface area contributed by atoms with Crippen LogP contribution in [0.1, 0.15) is 26.1 Å². The van der Waals surface area contributed by atoms with E-state index < -0.39 is 0 Å². The largest absolute Gasteiger partial charge is 0.381 e. The Morgan fingerprint density at radius 2 is 2.15 bits per heavy atom. The lowest BCUT2D eigenvalue weighted by atomic mass is 10.2. The molecule has 1 aromatic carbocycles. The highest BCUT2D eigenvalue weighted by atomic mass is 35.5. The van der Waals surface area contributed by atoms with Crippen LogP contribution in [0.25, 0.3) is 11.0 Å². The van der Waals surface area contributed by atoms with Crippen LogP contribution in [0.3, 0.4) is 0 Å². The zero-order valence-electron chi connectivity index (χ0n) is 11.9. The minimum Gasteiger partial charge on any atom is -0.381 e. The molecule has 0 aliphatic heterocycles. The number of imidazole rings is 1. The van der Waals surface area contributed by atoms with Gasteiger partial charge >= 0.3 is 0 Å². The van der Waals surface area contributed by atoms with E-state index in [1.165, 1.54) is 0 Å². The highest BCUT2D eigenvalue weighted by Crippen LogP contribution is 2.22. The molecule has 2 aromatic rings. The van der Waals surface area contributed by atoms with Crippen LogP contribution in [0.2, 0.25) is 5.02 Å². The minimum absolute atomic E-state index is 0.402. The van der Waals surface area contributed by atoms with Crippen molar-refractivity contribution in [1.29, 1.82) is 0 Å². The number of alkyl halides is 1. The Hall–Kier alpha value is -0.770. The summed E-state index contributed by atoms with van der Waals surface area (Å²) in [6.07, 6.45) is 0.939. The molecule has 0 saturated carbocycles. The molecule has 3 nitrogen and oxygen atoms in total. The summed E-state index contributed by atoms with van der Waals surface area (Å²) >= 11 is 12.0. The number of aryl methyl sites for hydroxylation is 1. The zero-order chi connectivity index (χ0) is 14.5. The molecule has 0 radical (unpaired) electrons. The van der Waals surface area contributed by atoms with Crippen LogP contribution in [-0.2, 0) is 17.2 Å². The summed E-state index contributed by atoms with van der Waals surface area (Å²) in [5.41, 5.74) is 1.98. The molecule has 2 rings (SSSR count). The topological polar surface area (TPSA) is 27.1 Å². The van der Waals surface area contributed by atoms with Gasteiger partial charge in [0, 0.05) is 24.8 Å². The van der Waals surface area contributed by atoms with Gasteiger partial charge in [-0.05, 0) is 30.5 Å². The predicted octanol–water partition coefficient (Wildman–Crippen LogP) is 4.49. The van der Waals surface area contributed by atoms with Gasteiger partial charge in [0.25, 0.3) is 0 Å². The van der Waals surface area contributed by atoms with Crippen molar-refractivity contribution >= 4 is 34.2 Å². The van der Waals surface area contributed by atoms with E-state index in [0.717, 1.165) is 48.1 Å². The molecule has 0 bridgehead atoms. The Balaban J connectivity index is 2.06. The van der Waals surface area contributed by atoms with E-state index in [1.54, 1.807) is 0 Å². The number of fused-ring (bicyclic) bond motifs is 1. The predicted molar refractivity (Wildman–Crippen MR) is 84.6 cm³/mol. The fourth-order valence-corrected chi connectivity index (χ4v) is 2.51. The molecule has 110 valence electrons. The Kier molecular flexibility index (Phi) is 5.70. The first-order chi connectivity index (χ1) is 9.61. The second-order valence-corrected chi connectivity index (χ2v) is 5.97. The number of hydrogen-bond acceptors (Lipinski definition) is 2. The normalized spacial score (nSPS) is 11.7. The van der Waals surface area contributed by atoms with Crippen LogP contribution in [-0.4, -0.2) is 22.8 Å². The fraction of sp³-hybridized carbons (Fsp3) is 0.533. The third-order valence-electron chi connectivity index (χ3n) is 3.03. The second kappa shape index (κ2) is 7.30. The highest BCUT2D eigenvalue weighted by molar-refractivity contribution is 6.31. The van der Waals surface area contributed by atoms with E-state index in [9.17, 15) is 0 Å². The van der Waals surface area contributed by atoms with Crippen molar-refractivity contribution < 1.29 is 4.74 Å². The molecule has 1 aromatic heterocycles. The number of nitrogens with zero attached hydrogens (tertiary/aromatic N) is 2. The van der Waals surface area contributed by atoms with Gasteiger partial charge < -0.3 is 9.30 Å². The van der Waals surface area contributed by atoms with Crippen molar-refractivity contribution in [2.24, 2.45) is 5.92 Å². The average Bonchev–Trinajstić information content (AvgIpc) is 2.75. The average molecular weight is 315 g/mol. The lowest BCUT2D eigenvalue weighted by Crippen LogP contribution is -2.08. The molecule has 0 amide bonds. The van der Waals surface area contributed by atoms with Crippen molar-refractivity contribution in [2.75, 3.05) is 13.2 Å². The zero-order valence-corrected chi connectivity index (χ0v) is 13.4. The van der Waals surface area contributed by atoms with E-state index in [0.29, 0.717) is 11.8 Å². The van der Waals surface area contributed by atoms with Gasteiger partial charge in [-0.1, -0.05) is 25.4 Å². The Morgan fingerprint density at radius 3 is 2.85 bits per heavy atom. The molecule has 0 unspecified atom stereocenters. The first kappa shape index (κ1) is 15.6. The van der Waals surface area contributed by atoms with Gasteiger partial charge in [0.05, 0.1) is 16.9 Å². The van der Waals surface area contributed by atoms with Crippen LogP contribution in [0.4, 0.5) is 0 Å². The van der Waals surface area contributed by atoms with Crippen LogP contribution in [0, 0.1) is 5.92 Å². The Labute approximate surface area is 129 Å². The summed E-state index contributed by atoms with van der Waals surface area (Å²) in [4.78, 5) is 4.53. The molecule has 0 saturated heterocycles. The molecule has 5 heteroatoms. The minimum atomic E-state index is 0.402. The van der Waals surface area contributed by atoms with E-state index in [1.807, 2.05) is 18.2 Å². The van der Waals surface area contributed by atoms with Crippen LogP contribution in [0.15, 0.2) is 18.2 Å². The summed E-state index contributed by atoms with van der Waals surface area (Å²) in [5, 5.41) is 0.718. The molecule has 0 N–H and O–H groups in total. The van der Waals surface area contributed by atoms with Crippen molar-refractivity contribution in [3.05, 3.63) is 29.0 Å². The Morgan fingerprint density at radius 1 is 1.35 bits per heavy atom. The fourth-order valence-electron chi connectivity index (χ4n) is 2.14. The van der Waals surface area contributed by atoms with Crippen molar-refractivity contribution in [1.82, 2.24) is 9.55 Å². The van der Waals surface area contributed by atoms with Gasteiger partial charge in [-0.15, -0.1) is 11.6 Å². The molecule has 0 aliphatic rings. The molecule has 0 atom stereocenters. The highest BCUT2D eigenvalue weighted by Gasteiger charge is 2.10. The molecule has 0 aliphatic carbocycles. The van der Waals surface area contributed by atoms with Crippen molar-refractivity contribution in [3.8, 4) is 0 Å². The summed E-state index contributed by atoms with van der Waals surface area (Å²) < 4.78 is 7.74. The lowest BCUT2D eigenvalue weighted by molar-refractivity contribution is 0.105. The standard InChI is InChI=1S/C15H20Cl2N2O/c1-11(2)10-20-7-3-6-19-14-8-12(17)4-5-13(14)18-15(19)9-16/h4-5,8,11H,3,6-7,9-10H2,1-2H3. The first-order valence-corrected chi connectivity index (χ1v) is 7.81. The summed E-state index contributed by atoms with van der Waals surface area (Å²) in [6.45, 7) is 6.70. The van der Waals surface area contributed by atoms with Crippen LogP contribution >= 0.6 is 23.2 Å². The second-order valence-electron chi connectivity index (χ2n) is 5.27. The third kappa shape index (κ3) is 3.87. The number of ether oxygens (including phenoxy) is 1. The molecular formula is C15H20Cl2N2O. The number of aromatic nitrogens is 2. The summed E-state index contributed by atoms with van der Waals surface area (Å²) in [5.74, 6) is 1.85. The van der Waals surface area contributed by atoms with E-state index >= 15 is 0 Å². The quantitative estimate of drug-likeness (QED) is 0.556. The van der Waals surface area contributed by atoms with E-state index in [2.05, 4.69) is 23.4 Å². The smallest absolute Gasteiger partial charge is 0.124 e. The number of rotatable bonds is 7. The monoisotopic (exact) mass is 314 g/mol. The molecule has 20 heavy (non-hydrogen) atoms. The number of halogens is 2. The SMILES string of the molecule is CC(C)COCCCn1c(CCl)nc2ccc(Cl)cc21. The van der Waals surface area contributed by atoms with Gasteiger partial charge in [0.2, 0.25) is 0 Å². The van der Waals surface area contributed by atoms with Gasteiger partial charge in [-0.3, -0.25) is 0 Å². The number of hydrogen-bond donors (Lipinski definition) is 0. The van der Waals surface area contributed by atoms with Gasteiger partial charge in [-0.25, -0.2) is 4.98 Å². The first-order valence-electron chi connectivity index (χ1n) is 6.90. The number of benzene rings is 1. The summed E-state index contributed by atoms with van der Waals surface area (Å²) in [6, 6.07) is 5.72. The third-order valence-corrected chi connectivity index (χ3v) is 3.50. The van der Waals surface area contributed by atoms with Crippen LogP contribution < -0.4 is 0 Å². The van der Waals surface area contributed by atoms with Crippen molar-refractivity contribution in [2.45, 2.75) is 32.7 Å². The van der Waals surface area contributed by atoms with Gasteiger partial charge in [-0.2, -0.15) is 0 Å². The molecule has 1 heterocycles. The van der Waals surface area contributed by atoms with Gasteiger partial charge in [0.15, 0.2) is 0 Å². The maximum absolute atomic E-state index is 6.06.